The Morgan fingerprint density at radius 1 is 1.10 bits per heavy atom. The first kappa shape index (κ1) is 14.1. The van der Waals surface area contributed by atoms with Gasteiger partial charge in [0, 0.05) is 22.0 Å². The molecule has 0 spiro atoms. The monoisotopic (exact) mass is 296 g/mol. The minimum atomic E-state index is -0.103. The molecule has 0 saturated carbocycles. The highest BCUT2D eigenvalue weighted by Gasteiger charge is 2.15. The first-order valence-electron chi connectivity index (χ1n) is 6.98. The fourth-order valence-electron chi connectivity index (χ4n) is 2.58. The zero-order valence-electron chi connectivity index (χ0n) is 12.1. The van der Waals surface area contributed by atoms with Gasteiger partial charge in [0.2, 0.25) is 0 Å². The first-order valence-corrected chi connectivity index (χ1v) is 7.36. The number of hydrogen-bond acceptors (Lipinski definition) is 2. The molecule has 0 aliphatic rings. The smallest absolute Gasteiger partial charge is 0.0772 e. The minimum Gasteiger partial charge on any atom is -0.324 e. The number of fused-ring (bicyclic) bond motifs is 1. The van der Waals surface area contributed by atoms with E-state index < -0.39 is 0 Å². The van der Waals surface area contributed by atoms with Crippen LogP contribution in [0, 0.1) is 6.92 Å². The number of halogens is 1. The normalized spacial score (nSPS) is 12.6. The lowest BCUT2D eigenvalue weighted by atomic mass is 9.98. The van der Waals surface area contributed by atoms with Gasteiger partial charge in [-0.1, -0.05) is 48.0 Å². The van der Waals surface area contributed by atoms with Crippen molar-refractivity contribution in [3.05, 3.63) is 64.7 Å². The van der Waals surface area contributed by atoms with E-state index in [0.29, 0.717) is 5.02 Å². The number of hydrogen-bond donors (Lipinski definition) is 1. The Hall–Kier alpha value is -1.90. The summed E-state index contributed by atoms with van der Waals surface area (Å²) in [5, 5.41) is 1.80. The predicted molar refractivity (Wildman–Crippen MR) is 89.5 cm³/mol. The van der Waals surface area contributed by atoms with E-state index in [-0.39, 0.29) is 6.04 Å². The van der Waals surface area contributed by atoms with Crippen molar-refractivity contribution in [3.63, 3.8) is 0 Å². The van der Waals surface area contributed by atoms with Crippen LogP contribution in [-0.4, -0.2) is 4.98 Å². The molecule has 0 amide bonds. The maximum absolute atomic E-state index is 6.35. The molecule has 1 aromatic heterocycles. The SMILES string of the molecule is Cc1cccc2cc(C(C)N)c(-c3ccccc3Cl)nc12. The van der Waals surface area contributed by atoms with Crippen LogP contribution in [0.3, 0.4) is 0 Å². The fourth-order valence-corrected chi connectivity index (χ4v) is 2.80. The summed E-state index contributed by atoms with van der Waals surface area (Å²) in [6, 6.07) is 16.0. The Morgan fingerprint density at radius 3 is 2.57 bits per heavy atom. The molecule has 3 aromatic rings. The second-order valence-corrected chi connectivity index (χ2v) is 5.75. The first-order chi connectivity index (χ1) is 10.1. The van der Waals surface area contributed by atoms with Crippen LogP contribution >= 0.6 is 11.6 Å². The van der Waals surface area contributed by atoms with Crippen LogP contribution in [0.25, 0.3) is 22.2 Å². The molecule has 3 heteroatoms. The lowest BCUT2D eigenvalue weighted by molar-refractivity contribution is 0.817. The molecule has 21 heavy (non-hydrogen) atoms. The second kappa shape index (κ2) is 5.47. The molecule has 1 atom stereocenters. The number of aryl methyl sites for hydroxylation is 1. The van der Waals surface area contributed by atoms with E-state index in [1.54, 1.807) is 0 Å². The number of nitrogens with zero attached hydrogens (tertiary/aromatic N) is 1. The van der Waals surface area contributed by atoms with Gasteiger partial charge >= 0.3 is 0 Å². The average Bonchev–Trinajstić information content (AvgIpc) is 2.47. The quantitative estimate of drug-likeness (QED) is 0.731. The molecule has 1 unspecified atom stereocenters. The molecular formula is C18H17ClN2. The van der Waals surface area contributed by atoms with E-state index in [1.165, 1.54) is 0 Å². The highest BCUT2D eigenvalue weighted by Crippen LogP contribution is 2.33. The number of aromatic nitrogens is 1. The molecule has 2 aromatic carbocycles. The molecular weight excluding hydrogens is 280 g/mol. The van der Waals surface area contributed by atoms with Crippen molar-refractivity contribution in [1.82, 2.24) is 4.98 Å². The van der Waals surface area contributed by atoms with Crippen molar-refractivity contribution in [2.45, 2.75) is 19.9 Å². The standard InChI is InChI=1S/C18H17ClN2/c1-11-6-5-7-13-10-15(12(2)20)18(21-17(11)13)14-8-3-4-9-16(14)19/h3-10,12H,20H2,1-2H3. The van der Waals surface area contributed by atoms with Crippen molar-refractivity contribution in [1.29, 1.82) is 0 Å². The van der Waals surface area contributed by atoms with Crippen molar-refractivity contribution in [3.8, 4) is 11.3 Å². The summed E-state index contributed by atoms with van der Waals surface area (Å²) < 4.78 is 0. The minimum absolute atomic E-state index is 0.103. The molecule has 3 rings (SSSR count). The lowest BCUT2D eigenvalue weighted by Gasteiger charge is -2.15. The van der Waals surface area contributed by atoms with Crippen LogP contribution in [0.1, 0.15) is 24.1 Å². The summed E-state index contributed by atoms with van der Waals surface area (Å²) in [5.41, 5.74) is 11.1. The molecule has 1 heterocycles. The number of rotatable bonds is 2. The summed E-state index contributed by atoms with van der Waals surface area (Å²) in [5.74, 6) is 0. The van der Waals surface area contributed by atoms with Crippen LogP contribution in [-0.2, 0) is 0 Å². The highest BCUT2D eigenvalue weighted by atomic mass is 35.5. The van der Waals surface area contributed by atoms with Gasteiger partial charge in [0.15, 0.2) is 0 Å². The van der Waals surface area contributed by atoms with Gasteiger partial charge in [0.1, 0.15) is 0 Å². The maximum atomic E-state index is 6.35. The van der Waals surface area contributed by atoms with Crippen LogP contribution < -0.4 is 5.73 Å². The highest BCUT2D eigenvalue weighted by molar-refractivity contribution is 6.33. The van der Waals surface area contributed by atoms with E-state index in [2.05, 4.69) is 25.1 Å². The van der Waals surface area contributed by atoms with Gasteiger partial charge in [-0.05, 0) is 37.1 Å². The second-order valence-electron chi connectivity index (χ2n) is 5.34. The number of nitrogens with two attached hydrogens (primary N) is 1. The van der Waals surface area contributed by atoms with Gasteiger partial charge in [-0.3, -0.25) is 0 Å². The molecule has 0 aliphatic heterocycles. The van der Waals surface area contributed by atoms with Gasteiger partial charge in [-0.2, -0.15) is 0 Å². The molecule has 0 saturated heterocycles. The third-order valence-electron chi connectivity index (χ3n) is 3.70. The summed E-state index contributed by atoms with van der Waals surface area (Å²) in [6.07, 6.45) is 0. The van der Waals surface area contributed by atoms with E-state index in [9.17, 15) is 0 Å². The van der Waals surface area contributed by atoms with Gasteiger partial charge in [0.05, 0.1) is 11.2 Å². The van der Waals surface area contributed by atoms with Crippen molar-refractivity contribution in [2.75, 3.05) is 0 Å². The Labute approximate surface area is 129 Å². The van der Waals surface area contributed by atoms with Crippen LogP contribution in [0.4, 0.5) is 0 Å². The van der Waals surface area contributed by atoms with Crippen LogP contribution in [0.5, 0.6) is 0 Å². The Bertz CT molecular complexity index is 809. The molecule has 0 bridgehead atoms. The lowest BCUT2D eigenvalue weighted by Crippen LogP contribution is -2.08. The predicted octanol–water partition coefficient (Wildman–Crippen LogP) is 4.88. The van der Waals surface area contributed by atoms with E-state index in [4.69, 9.17) is 22.3 Å². The van der Waals surface area contributed by atoms with Gasteiger partial charge in [0.25, 0.3) is 0 Å². The largest absolute Gasteiger partial charge is 0.324 e. The summed E-state index contributed by atoms with van der Waals surface area (Å²) >= 11 is 6.35. The molecule has 2 N–H and O–H groups in total. The van der Waals surface area contributed by atoms with E-state index >= 15 is 0 Å². The van der Waals surface area contributed by atoms with Gasteiger partial charge in [-0.25, -0.2) is 4.98 Å². The maximum Gasteiger partial charge on any atom is 0.0772 e. The van der Waals surface area contributed by atoms with Crippen molar-refractivity contribution in [2.24, 2.45) is 5.73 Å². The fraction of sp³-hybridized carbons (Fsp3) is 0.167. The molecule has 2 nitrogen and oxygen atoms in total. The Morgan fingerprint density at radius 2 is 1.86 bits per heavy atom. The summed E-state index contributed by atoms with van der Waals surface area (Å²) in [7, 11) is 0. The number of pyridine rings is 1. The van der Waals surface area contributed by atoms with Gasteiger partial charge < -0.3 is 5.73 Å². The summed E-state index contributed by atoms with van der Waals surface area (Å²) in [4.78, 5) is 4.86. The third kappa shape index (κ3) is 2.53. The zero-order chi connectivity index (χ0) is 15.0. The Balaban J connectivity index is 2.37. The summed E-state index contributed by atoms with van der Waals surface area (Å²) in [6.45, 7) is 4.04. The molecule has 106 valence electrons. The van der Waals surface area contributed by atoms with E-state index in [0.717, 1.165) is 33.3 Å². The van der Waals surface area contributed by atoms with E-state index in [1.807, 2.05) is 37.3 Å². The number of benzene rings is 2. The molecule has 0 fully saturated rings. The third-order valence-corrected chi connectivity index (χ3v) is 4.03. The zero-order valence-corrected chi connectivity index (χ0v) is 12.9. The topological polar surface area (TPSA) is 38.9 Å². The van der Waals surface area contributed by atoms with Crippen LogP contribution in [0.2, 0.25) is 5.02 Å². The van der Waals surface area contributed by atoms with Gasteiger partial charge in [-0.15, -0.1) is 0 Å². The molecule has 0 aliphatic carbocycles. The molecule has 0 radical (unpaired) electrons. The van der Waals surface area contributed by atoms with Crippen LogP contribution in [0.15, 0.2) is 48.5 Å². The van der Waals surface area contributed by atoms with Crippen molar-refractivity contribution >= 4 is 22.5 Å². The Kier molecular flexibility index (Phi) is 3.66. The average molecular weight is 297 g/mol. The van der Waals surface area contributed by atoms with Crippen molar-refractivity contribution < 1.29 is 0 Å². The number of para-hydroxylation sites is 1.